The first-order valence-electron chi connectivity index (χ1n) is 10.0. The molecule has 4 aromatic rings. The highest BCUT2D eigenvalue weighted by atomic mass is 16.3. The van der Waals surface area contributed by atoms with E-state index in [1.807, 2.05) is 80.6 Å². The Morgan fingerprint density at radius 1 is 0.867 bits per heavy atom. The molecule has 2 heterocycles. The third-order valence-corrected chi connectivity index (χ3v) is 5.71. The maximum Gasteiger partial charge on any atom is 0.291 e. The van der Waals surface area contributed by atoms with Crippen molar-refractivity contribution < 1.29 is 9.21 Å². The van der Waals surface area contributed by atoms with Crippen LogP contribution in [0, 0.1) is 13.8 Å². The third kappa shape index (κ3) is 2.92. The van der Waals surface area contributed by atoms with Gasteiger partial charge >= 0.3 is 0 Å². The highest BCUT2D eigenvalue weighted by Gasteiger charge is 2.42. The molecule has 1 aromatic heterocycles. The van der Waals surface area contributed by atoms with Gasteiger partial charge in [-0.2, -0.15) is 0 Å². The summed E-state index contributed by atoms with van der Waals surface area (Å²) in [4.78, 5) is 28.7. The summed E-state index contributed by atoms with van der Waals surface area (Å²) in [5.41, 5.74) is 4.75. The summed E-state index contributed by atoms with van der Waals surface area (Å²) in [7, 11) is 0. The van der Waals surface area contributed by atoms with Gasteiger partial charge in [-0.25, -0.2) is 0 Å². The van der Waals surface area contributed by atoms with Crippen molar-refractivity contribution in [3.8, 4) is 0 Å². The molecule has 5 rings (SSSR count). The average molecular weight is 395 g/mol. The summed E-state index contributed by atoms with van der Waals surface area (Å²) >= 11 is 0. The highest BCUT2D eigenvalue weighted by Crippen LogP contribution is 2.39. The molecule has 0 radical (unpaired) electrons. The lowest BCUT2D eigenvalue weighted by atomic mass is 9.97. The van der Waals surface area contributed by atoms with Crippen LogP contribution in [0.3, 0.4) is 0 Å². The molecule has 0 fully saturated rings. The largest absolute Gasteiger partial charge is 0.450 e. The fourth-order valence-electron chi connectivity index (χ4n) is 4.16. The van der Waals surface area contributed by atoms with Gasteiger partial charge in [0.25, 0.3) is 5.91 Å². The van der Waals surface area contributed by atoms with Gasteiger partial charge in [-0.1, -0.05) is 66.2 Å². The van der Waals surface area contributed by atoms with Crippen LogP contribution in [-0.2, 0) is 6.54 Å². The summed E-state index contributed by atoms with van der Waals surface area (Å²) in [6.45, 7) is 4.35. The van der Waals surface area contributed by atoms with Crippen LogP contribution in [0.1, 0.15) is 44.4 Å². The second-order valence-corrected chi connectivity index (χ2v) is 7.91. The Morgan fingerprint density at radius 2 is 1.57 bits per heavy atom. The minimum Gasteiger partial charge on any atom is -0.450 e. The van der Waals surface area contributed by atoms with Crippen molar-refractivity contribution in [3.05, 3.63) is 117 Å². The molecule has 0 bridgehead atoms. The first-order chi connectivity index (χ1) is 14.5. The van der Waals surface area contributed by atoms with Gasteiger partial charge in [-0.05, 0) is 42.7 Å². The lowest BCUT2D eigenvalue weighted by molar-refractivity contribution is 0.0714. The summed E-state index contributed by atoms with van der Waals surface area (Å²) in [6.07, 6.45) is 0. The molecular weight excluding hydrogens is 374 g/mol. The average Bonchev–Trinajstić information content (AvgIpc) is 3.01. The maximum absolute atomic E-state index is 13.5. The van der Waals surface area contributed by atoms with Crippen molar-refractivity contribution in [2.45, 2.75) is 26.4 Å². The van der Waals surface area contributed by atoms with Crippen molar-refractivity contribution in [1.29, 1.82) is 0 Å². The molecule has 1 aliphatic heterocycles. The van der Waals surface area contributed by atoms with Crippen LogP contribution in [0.5, 0.6) is 0 Å². The van der Waals surface area contributed by atoms with Crippen molar-refractivity contribution in [2.24, 2.45) is 0 Å². The number of carbonyl (C=O) groups excluding carboxylic acids is 1. The molecule has 1 atom stereocenters. The predicted molar refractivity (Wildman–Crippen MR) is 117 cm³/mol. The van der Waals surface area contributed by atoms with Crippen LogP contribution in [0.15, 0.2) is 82.0 Å². The number of hydrogen-bond donors (Lipinski definition) is 0. The minimum atomic E-state index is -0.477. The number of nitrogens with zero attached hydrogens (tertiary/aromatic N) is 1. The molecule has 0 saturated heterocycles. The smallest absolute Gasteiger partial charge is 0.291 e. The number of amides is 1. The molecule has 4 heteroatoms. The van der Waals surface area contributed by atoms with E-state index in [2.05, 4.69) is 0 Å². The lowest BCUT2D eigenvalue weighted by Gasteiger charge is -2.25. The third-order valence-electron chi connectivity index (χ3n) is 5.71. The normalized spacial score (nSPS) is 15.6. The highest BCUT2D eigenvalue weighted by molar-refractivity contribution is 5.99. The fraction of sp³-hybridized carbons (Fsp3) is 0.154. The van der Waals surface area contributed by atoms with E-state index in [9.17, 15) is 9.59 Å². The molecule has 1 aliphatic rings. The fourth-order valence-corrected chi connectivity index (χ4v) is 4.16. The van der Waals surface area contributed by atoms with Crippen LogP contribution in [0.4, 0.5) is 0 Å². The number of carbonyl (C=O) groups is 1. The van der Waals surface area contributed by atoms with Crippen molar-refractivity contribution in [3.63, 3.8) is 0 Å². The molecule has 4 nitrogen and oxygen atoms in total. The predicted octanol–water partition coefficient (Wildman–Crippen LogP) is 5.16. The second kappa shape index (κ2) is 6.99. The van der Waals surface area contributed by atoms with Crippen LogP contribution in [-0.4, -0.2) is 10.8 Å². The molecule has 0 N–H and O–H groups in total. The summed E-state index contributed by atoms with van der Waals surface area (Å²) in [5.74, 6) is -0.0976. The zero-order valence-corrected chi connectivity index (χ0v) is 16.9. The summed E-state index contributed by atoms with van der Waals surface area (Å²) < 4.78 is 6.03. The Labute approximate surface area is 174 Å². The van der Waals surface area contributed by atoms with E-state index in [4.69, 9.17) is 4.42 Å². The Morgan fingerprint density at radius 3 is 2.30 bits per heavy atom. The molecule has 0 saturated carbocycles. The topological polar surface area (TPSA) is 50.5 Å². The zero-order chi connectivity index (χ0) is 20.8. The molecule has 148 valence electrons. The molecule has 0 aliphatic carbocycles. The van der Waals surface area contributed by atoms with Gasteiger partial charge in [0.2, 0.25) is 5.76 Å². The number of hydrogen-bond acceptors (Lipinski definition) is 3. The van der Waals surface area contributed by atoms with E-state index in [1.165, 1.54) is 0 Å². The number of fused-ring (bicyclic) bond motifs is 2. The molecule has 3 aromatic carbocycles. The SMILES string of the molecule is Cc1ccc([C@H]2c3c(oc4cc(C)ccc4c3=O)C(=O)N2Cc2ccccc2)cc1. The van der Waals surface area contributed by atoms with E-state index < -0.39 is 6.04 Å². The standard InChI is InChI=1S/C26H21NO3/c1-16-8-11-19(12-9-16)23-22-24(28)20-13-10-17(2)14-21(20)30-25(22)26(29)27(23)15-18-6-4-3-5-7-18/h3-14,23H,15H2,1-2H3/t23-/m0/s1. The van der Waals surface area contributed by atoms with Gasteiger partial charge in [0.1, 0.15) is 5.58 Å². The first kappa shape index (κ1) is 18.4. The number of rotatable bonds is 3. The first-order valence-corrected chi connectivity index (χ1v) is 10.0. The van der Waals surface area contributed by atoms with Gasteiger partial charge < -0.3 is 9.32 Å². The van der Waals surface area contributed by atoms with Gasteiger partial charge in [-0.3, -0.25) is 9.59 Å². The molecular formula is C26H21NO3. The molecule has 30 heavy (non-hydrogen) atoms. The summed E-state index contributed by atoms with van der Waals surface area (Å²) in [5, 5.41) is 0.505. The van der Waals surface area contributed by atoms with Crippen LogP contribution < -0.4 is 5.43 Å². The Hall–Kier alpha value is -3.66. The van der Waals surface area contributed by atoms with Crippen LogP contribution in [0.2, 0.25) is 0 Å². The minimum absolute atomic E-state index is 0.138. The second-order valence-electron chi connectivity index (χ2n) is 7.91. The molecule has 0 spiro atoms. The summed E-state index contributed by atoms with van der Waals surface area (Å²) in [6, 6.07) is 22.8. The van der Waals surface area contributed by atoms with Gasteiger partial charge in [0.05, 0.1) is 17.0 Å². The Kier molecular flexibility index (Phi) is 4.28. The van der Waals surface area contributed by atoms with Crippen molar-refractivity contribution in [2.75, 3.05) is 0 Å². The van der Waals surface area contributed by atoms with Gasteiger partial charge in [-0.15, -0.1) is 0 Å². The number of aryl methyl sites for hydroxylation is 2. The van der Waals surface area contributed by atoms with E-state index in [0.717, 1.165) is 22.3 Å². The Balaban J connectivity index is 1.74. The molecule has 1 amide bonds. The van der Waals surface area contributed by atoms with E-state index in [-0.39, 0.29) is 17.1 Å². The maximum atomic E-state index is 13.5. The van der Waals surface area contributed by atoms with Gasteiger partial charge in [0.15, 0.2) is 5.43 Å². The van der Waals surface area contributed by atoms with Crippen molar-refractivity contribution in [1.82, 2.24) is 4.90 Å². The zero-order valence-electron chi connectivity index (χ0n) is 16.9. The molecule has 0 unspecified atom stereocenters. The van der Waals surface area contributed by atoms with Crippen molar-refractivity contribution >= 4 is 16.9 Å². The van der Waals surface area contributed by atoms with E-state index in [1.54, 1.807) is 11.0 Å². The lowest BCUT2D eigenvalue weighted by Crippen LogP contribution is -2.29. The van der Waals surface area contributed by atoms with Crippen LogP contribution >= 0.6 is 0 Å². The quantitative estimate of drug-likeness (QED) is 0.482. The number of benzene rings is 3. The Bertz CT molecular complexity index is 1320. The van der Waals surface area contributed by atoms with Gasteiger partial charge in [0, 0.05) is 6.54 Å². The van der Waals surface area contributed by atoms with E-state index >= 15 is 0 Å². The van der Waals surface area contributed by atoms with Crippen LogP contribution in [0.25, 0.3) is 11.0 Å². The van der Waals surface area contributed by atoms with E-state index in [0.29, 0.717) is 23.1 Å². The monoisotopic (exact) mass is 395 g/mol.